The van der Waals surface area contributed by atoms with Gasteiger partial charge in [0.2, 0.25) is 11.8 Å². The minimum absolute atomic E-state index is 0.0256. The lowest BCUT2D eigenvalue weighted by Crippen LogP contribution is -2.49. The van der Waals surface area contributed by atoms with E-state index in [-0.39, 0.29) is 18.6 Å². The fourth-order valence-corrected chi connectivity index (χ4v) is 2.07. The van der Waals surface area contributed by atoms with Gasteiger partial charge in [0.05, 0.1) is 0 Å². The van der Waals surface area contributed by atoms with Crippen LogP contribution in [0.1, 0.15) is 25.7 Å². The molecule has 0 aromatic rings. The number of urea groups is 1. The number of primary amides is 1. The standard InChI is InChI=1S/C10H17N3O6S.C6H13N3O3/c11-5(10(18)19)1-2-7(14)13-6(4-20)9(17)12-3-8(15)16;7-4(5(10)11)2-1-3-9-6(8)12/h5-6,20H,1-4,11H2,(H,12,17)(H,13,14)(H,15,16)(H,18,19);4H,1-3,7H2,(H,10,11)(H3,8,9,12)/t5-,6-;4-/m00/s1. The van der Waals surface area contributed by atoms with E-state index in [0.29, 0.717) is 19.4 Å². The number of rotatable bonds is 14. The number of hydrogen-bond donors (Lipinski definition) is 10. The molecule has 0 aliphatic heterocycles. The molecular formula is C16H30N6O9S. The van der Waals surface area contributed by atoms with Crippen molar-refractivity contribution in [2.24, 2.45) is 17.2 Å². The van der Waals surface area contributed by atoms with Gasteiger partial charge >= 0.3 is 23.9 Å². The Labute approximate surface area is 188 Å². The maximum absolute atomic E-state index is 11.5. The van der Waals surface area contributed by atoms with Crippen LogP contribution in [0.25, 0.3) is 0 Å². The number of thiol groups is 1. The van der Waals surface area contributed by atoms with E-state index in [2.05, 4.69) is 28.6 Å². The minimum Gasteiger partial charge on any atom is -0.480 e. The number of carboxylic acids is 3. The van der Waals surface area contributed by atoms with E-state index >= 15 is 0 Å². The van der Waals surface area contributed by atoms with Gasteiger partial charge in [-0.2, -0.15) is 12.6 Å². The quantitative estimate of drug-likeness (QED) is 0.0861. The number of hydrogen-bond acceptors (Lipinski definition) is 9. The second kappa shape index (κ2) is 17.6. The van der Waals surface area contributed by atoms with E-state index in [1.165, 1.54) is 0 Å². The molecule has 0 aliphatic carbocycles. The van der Waals surface area contributed by atoms with E-state index in [9.17, 15) is 28.8 Å². The van der Waals surface area contributed by atoms with Crippen molar-refractivity contribution in [3.8, 4) is 0 Å². The molecule has 0 saturated heterocycles. The average molecular weight is 483 g/mol. The Morgan fingerprint density at radius 1 is 0.875 bits per heavy atom. The van der Waals surface area contributed by atoms with Gasteiger partial charge in [0.1, 0.15) is 24.7 Å². The van der Waals surface area contributed by atoms with Crippen molar-refractivity contribution in [1.29, 1.82) is 0 Å². The summed E-state index contributed by atoms with van der Waals surface area (Å²) >= 11 is 3.87. The number of carboxylic acid groups (broad SMARTS) is 3. The molecule has 184 valence electrons. The first-order chi connectivity index (χ1) is 14.8. The second-order valence-electron chi connectivity index (χ2n) is 6.28. The smallest absolute Gasteiger partial charge is 0.322 e. The van der Waals surface area contributed by atoms with E-state index < -0.39 is 60.4 Å². The third-order valence-corrected chi connectivity index (χ3v) is 3.92. The van der Waals surface area contributed by atoms with Gasteiger partial charge in [-0.15, -0.1) is 0 Å². The van der Waals surface area contributed by atoms with E-state index in [1.807, 2.05) is 0 Å². The molecule has 0 fully saturated rings. The monoisotopic (exact) mass is 482 g/mol. The van der Waals surface area contributed by atoms with Crippen LogP contribution in [0.2, 0.25) is 0 Å². The van der Waals surface area contributed by atoms with Gasteiger partial charge in [0.15, 0.2) is 0 Å². The molecule has 0 saturated carbocycles. The van der Waals surface area contributed by atoms with Crippen molar-refractivity contribution in [2.45, 2.75) is 43.8 Å². The molecule has 16 heteroatoms. The van der Waals surface area contributed by atoms with Crippen molar-refractivity contribution in [2.75, 3.05) is 18.8 Å². The van der Waals surface area contributed by atoms with E-state index in [1.54, 1.807) is 0 Å². The summed E-state index contributed by atoms with van der Waals surface area (Å²) in [6.45, 7) is -0.209. The van der Waals surface area contributed by atoms with Crippen LogP contribution in [-0.2, 0) is 24.0 Å². The van der Waals surface area contributed by atoms with Gasteiger partial charge in [0, 0.05) is 18.7 Å². The highest BCUT2D eigenvalue weighted by Gasteiger charge is 2.21. The molecule has 4 amide bonds. The van der Waals surface area contributed by atoms with Crippen LogP contribution < -0.4 is 33.2 Å². The fourth-order valence-electron chi connectivity index (χ4n) is 1.81. The van der Waals surface area contributed by atoms with Gasteiger partial charge in [-0.25, -0.2) is 4.79 Å². The first kappa shape index (κ1) is 31.1. The molecule has 12 N–H and O–H groups in total. The SMILES string of the molecule is NC(=O)NCCC[C@H](N)C(=O)O.N[C@@H](CCC(=O)N[C@@H](CS)C(=O)NCC(=O)O)C(=O)O. The number of carbonyl (C=O) groups is 6. The molecule has 0 radical (unpaired) electrons. The van der Waals surface area contributed by atoms with Crippen molar-refractivity contribution >= 4 is 48.4 Å². The van der Waals surface area contributed by atoms with Gasteiger partial charge in [-0.3, -0.25) is 24.0 Å². The molecule has 3 atom stereocenters. The van der Waals surface area contributed by atoms with Crippen LogP contribution in [0.15, 0.2) is 0 Å². The van der Waals surface area contributed by atoms with Crippen molar-refractivity contribution in [3.05, 3.63) is 0 Å². The topological polar surface area (TPSA) is 277 Å². The van der Waals surface area contributed by atoms with E-state index in [4.69, 9.17) is 32.5 Å². The Hall–Kier alpha value is -3.11. The van der Waals surface area contributed by atoms with Crippen LogP contribution in [0.5, 0.6) is 0 Å². The van der Waals surface area contributed by atoms with Crippen LogP contribution in [0.4, 0.5) is 4.79 Å². The van der Waals surface area contributed by atoms with Crippen LogP contribution >= 0.6 is 12.6 Å². The number of nitrogens with one attached hydrogen (secondary N) is 3. The normalized spacial score (nSPS) is 12.7. The Morgan fingerprint density at radius 2 is 1.41 bits per heavy atom. The summed E-state index contributed by atoms with van der Waals surface area (Å²) in [7, 11) is 0. The number of carbonyl (C=O) groups excluding carboxylic acids is 3. The minimum atomic E-state index is -1.22. The zero-order chi connectivity index (χ0) is 25.3. The lowest BCUT2D eigenvalue weighted by molar-refractivity contribution is -0.139. The summed E-state index contributed by atoms with van der Waals surface area (Å²) in [5.74, 6) is -4.74. The molecule has 0 rings (SSSR count). The van der Waals surface area contributed by atoms with Crippen molar-refractivity contribution < 1.29 is 44.1 Å². The lowest BCUT2D eigenvalue weighted by atomic mass is 10.1. The Balaban J connectivity index is 0. The maximum Gasteiger partial charge on any atom is 0.322 e. The molecule has 0 bridgehead atoms. The second-order valence-corrected chi connectivity index (χ2v) is 6.64. The fraction of sp³-hybridized carbons (Fsp3) is 0.625. The molecule has 0 aromatic heterocycles. The summed E-state index contributed by atoms with van der Waals surface area (Å²) in [6.07, 6.45) is 0.604. The third kappa shape index (κ3) is 17.7. The Bertz CT molecular complexity index is 664. The lowest BCUT2D eigenvalue weighted by Gasteiger charge is -2.16. The van der Waals surface area contributed by atoms with Crippen LogP contribution in [0, 0.1) is 0 Å². The van der Waals surface area contributed by atoms with Gasteiger partial charge in [0.25, 0.3) is 0 Å². The number of nitrogens with two attached hydrogens (primary N) is 3. The van der Waals surface area contributed by atoms with Crippen LogP contribution in [0.3, 0.4) is 0 Å². The zero-order valence-electron chi connectivity index (χ0n) is 17.2. The molecule has 15 nitrogen and oxygen atoms in total. The predicted octanol–water partition coefficient (Wildman–Crippen LogP) is -3.36. The highest BCUT2D eigenvalue weighted by molar-refractivity contribution is 7.80. The van der Waals surface area contributed by atoms with Crippen molar-refractivity contribution in [3.63, 3.8) is 0 Å². The summed E-state index contributed by atoms with van der Waals surface area (Å²) in [6, 6.07) is -3.62. The summed E-state index contributed by atoms with van der Waals surface area (Å²) in [4.78, 5) is 64.1. The van der Waals surface area contributed by atoms with Gasteiger partial charge in [-0.1, -0.05) is 0 Å². The molecule has 32 heavy (non-hydrogen) atoms. The summed E-state index contributed by atoms with van der Waals surface area (Å²) in [5.41, 5.74) is 15.2. The largest absolute Gasteiger partial charge is 0.480 e. The Kier molecular flexibility index (Phi) is 17.1. The molecule has 0 heterocycles. The highest BCUT2D eigenvalue weighted by atomic mass is 32.1. The van der Waals surface area contributed by atoms with Gasteiger partial charge in [-0.05, 0) is 19.3 Å². The third-order valence-electron chi connectivity index (χ3n) is 3.56. The highest BCUT2D eigenvalue weighted by Crippen LogP contribution is 1.97. The van der Waals surface area contributed by atoms with Crippen molar-refractivity contribution in [1.82, 2.24) is 16.0 Å². The predicted molar refractivity (Wildman–Crippen MR) is 114 cm³/mol. The molecule has 0 aliphatic rings. The molecular weight excluding hydrogens is 452 g/mol. The zero-order valence-corrected chi connectivity index (χ0v) is 18.0. The molecule has 0 spiro atoms. The number of amides is 4. The molecule has 0 unspecified atom stereocenters. The van der Waals surface area contributed by atoms with Crippen LogP contribution in [-0.4, -0.2) is 88.0 Å². The van der Waals surface area contributed by atoms with E-state index in [0.717, 1.165) is 0 Å². The average Bonchev–Trinajstić information content (AvgIpc) is 2.71. The molecule has 0 aromatic carbocycles. The number of aliphatic carboxylic acids is 3. The first-order valence-electron chi connectivity index (χ1n) is 9.21. The Morgan fingerprint density at radius 3 is 1.84 bits per heavy atom. The first-order valence-corrected chi connectivity index (χ1v) is 9.84. The summed E-state index contributed by atoms with van der Waals surface area (Å²) in [5, 5.41) is 32.0. The summed E-state index contributed by atoms with van der Waals surface area (Å²) < 4.78 is 0. The van der Waals surface area contributed by atoms with Gasteiger partial charge < -0.3 is 48.5 Å². The maximum atomic E-state index is 11.5.